The van der Waals surface area contributed by atoms with Crippen LogP contribution in [0.4, 0.5) is 0 Å². The fourth-order valence-electron chi connectivity index (χ4n) is 3.22. The summed E-state index contributed by atoms with van der Waals surface area (Å²) in [5.74, 6) is 2.23. The van der Waals surface area contributed by atoms with Crippen LogP contribution >= 0.6 is 0 Å². The van der Waals surface area contributed by atoms with Gasteiger partial charge in [0, 0.05) is 30.4 Å². The van der Waals surface area contributed by atoms with Crippen molar-refractivity contribution in [1.29, 1.82) is 0 Å². The number of aryl methyl sites for hydroxylation is 1. The van der Waals surface area contributed by atoms with Crippen LogP contribution in [0.25, 0.3) is 22.8 Å². The predicted octanol–water partition coefficient (Wildman–Crippen LogP) is 6.29. The quantitative estimate of drug-likeness (QED) is 0.332. The van der Waals surface area contributed by atoms with Crippen LogP contribution in [0.15, 0.2) is 49.1 Å². The molecule has 0 radical (unpaired) electrons. The SMILES string of the molecule is CCCCCCc1cnc(-c2cnc(-c3ccc(OCCCCC)cc3)nc2)nc1. The molecule has 0 saturated heterocycles. The van der Waals surface area contributed by atoms with Crippen LogP contribution in [0, 0.1) is 0 Å². The fraction of sp³-hybridized carbons (Fsp3) is 0.440. The molecule has 1 aromatic carbocycles. The van der Waals surface area contributed by atoms with Crippen molar-refractivity contribution in [2.24, 2.45) is 0 Å². The standard InChI is InChI=1S/C25H32N4O/c1-3-5-7-8-10-20-16-26-25(27-17-20)22-18-28-24(29-19-22)21-11-13-23(14-12-21)30-15-9-6-4-2/h11-14,16-19H,3-10,15H2,1-2H3. The zero-order valence-corrected chi connectivity index (χ0v) is 18.2. The van der Waals surface area contributed by atoms with Crippen molar-refractivity contribution in [2.75, 3.05) is 6.61 Å². The maximum Gasteiger partial charge on any atom is 0.162 e. The Kier molecular flexibility index (Phi) is 8.76. The highest BCUT2D eigenvalue weighted by Gasteiger charge is 2.06. The van der Waals surface area contributed by atoms with E-state index in [-0.39, 0.29) is 0 Å². The first-order valence-electron chi connectivity index (χ1n) is 11.2. The lowest BCUT2D eigenvalue weighted by atomic mass is 10.1. The van der Waals surface area contributed by atoms with Crippen molar-refractivity contribution in [2.45, 2.75) is 65.2 Å². The summed E-state index contributed by atoms with van der Waals surface area (Å²) in [5, 5.41) is 0. The first kappa shape index (κ1) is 21.9. The highest BCUT2D eigenvalue weighted by molar-refractivity contribution is 5.59. The van der Waals surface area contributed by atoms with E-state index in [1.54, 1.807) is 12.4 Å². The van der Waals surface area contributed by atoms with Gasteiger partial charge >= 0.3 is 0 Å². The zero-order valence-electron chi connectivity index (χ0n) is 18.2. The van der Waals surface area contributed by atoms with Gasteiger partial charge in [-0.15, -0.1) is 0 Å². The smallest absolute Gasteiger partial charge is 0.162 e. The molecule has 2 heterocycles. The minimum Gasteiger partial charge on any atom is -0.494 e. The maximum absolute atomic E-state index is 5.76. The van der Waals surface area contributed by atoms with Crippen LogP contribution in [0.2, 0.25) is 0 Å². The van der Waals surface area contributed by atoms with E-state index in [0.29, 0.717) is 11.6 Å². The molecule has 158 valence electrons. The molecule has 2 aromatic heterocycles. The number of rotatable bonds is 12. The molecule has 0 saturated carbocycles. The van der Waals surface area contributed by atoms with Gasteiger partial charge in [0.15, 0.2) is 11.6 Å². The van der Waals surface area contributed by atoms with E-state index in [0.717, 1.165) is 36.3 Å². The molecule has 0 aliphatic carbocycles. The van der Waals surface area contributed by atoms with Crippen molar-refractivity contribution in [3.8, 4) is 28.5 Å². The first-order chi connectivity index (χ1) is 14.8. The molecule has 5 nitrogen and oxygen atoms in total. The Balaban J connectivity index is 1.56. The molecule has 0 fully saturated rings. The van der Waals surface area contributed by atoms with Crippen LogP contribution in [0.3, 0.4) is 0 Å². The molecule has 0 bridgehead atoms. The molecule has 30 heavy (non-hydrogen) atoms. The molecular weight excluding hydrogens is 372 g/mol. The normalized spacial score (nSPS) is 10.9. The van der Waals surface area contributed by atoms with Gasteiger partial charge in [-0.3, -0.25) is 0 Å². The predicted molar refractivity (Wildman–Crippen MR) is 121 cm³/mol. The summed E-state index contributed by atoms with van der Waals surface area (Å²) in [7, 11) is 0. The number of unbranched alkanes of at least 4 members (excludes halogenated alkanes) is 5. The first-order valence-corrected chi connectivity index (χ1v) is 11.2. The molecule has 0 aliphatic heterocycles. The topological polar surface area (TPSA) is 60.8 Å². The number of ether oxygens (including phenoxy) is 1. The van der Waals surface area contributed by atoms with E-state index in [2.05, 4.69) is 33.8 Å². The number of hydrogen-bond donors (Lipinski definition) is 0. The third-order valence-electron chi connectivity index (χ3n) is 5.06. The monoisotopic (exact) mass is 404 g/mol. The summed E-state index contributed by atoms with van der Waals surface area (Å²) in [6, 6.07) is 7.93. The second kappa shape index (κ2) is 12.0. The number of nitrogens with zero attached hydrogens (tertiary/aromatic N) is 4. The van der Waals surface area contributed by atoms with E-state index >= 15 is 0 Å². The molecule has 3 aromatic rings. The largest absolute Gasteiger partial charge is 0.494 e. The van der Waals surface area contributed by atoms with Gasteiger partial charge in [0.2, 0.25) is 0 Å². The van der Waals surface area contributed by atoms with Gasteiger partial charge in [-0.25, -0.2) is 19.9 Å². The molecule has 0 N–H and O–H groups in total. The lowest BCUT2D eigenvalue weighted by Gasteiger charge is -2.07. The van der Waals surface area contributed by atoms with Gasteiger partial charge < -0.3 is 4.74 Å². The number of hydrogen-bond acceptors (Lipinski definition) is 5. The second-order valence-corrected chi connectivity index (χ2v) is 7.60. The third kappa shape index (κ3) is 6.61. The Hall–Kier alpha value is -2.82. The van der Waals surface area contributed by atoms with Crippen LogP contribution in [-0.4, -0.2) is 26.5 Å². The molecule has 5 heteroatoms. The van der Waals surface area contributed by atoms with Crippen molar-refractivity contribution in [3.05, 3.63) is 54.6 Å². The van der Waals surface area contributed by atoms with E-state index in [4.69, 9.17) is 4.74 Å². The third-order valence-corrected chi connectivity index (χ3v) is 5.06. The van der Waals surface area contributed by atoms with Crippen molar-refractivity contribution in [1.82, 2.24) is 19.9 Å². The minimum absolute atomic E-state index is 0.662. The highest BCUT2D eigenvalue weighted by atomic mass is 16.5. The molecule has 3 rings (SSSR count). The zero-order chi connectivity index (χ0) is 21.0. The minimum atomic E-state index is 0.662. The Morgan fingerprint density at radius 2 is 1.23 bits per heavy atom. The van der Waals surface area contributed by atoms with Gasteiger partial charge in [0.1, 0.15) is 5.75 Å². The Morgan fingerprint density at radius 1 is 0.633 bits per heavy atom. The summed E-state index contributed by atoms with van der Waals surface area (Å²) in [6.07, 6.45) is 16.9. The van der Waals surface area contributed by atoms with Gasteiger partial charge in [0.05, 0.1) is 12.2 Å². The van der Waals surface area contributed by atoms with Crippen molar-refractivity contribution in [3.63, 3.8) is 0 Å². The summed E-state index contributed by atoms with van der Waals surface area (Å²) < 4.78 is 5.76. The summed E-state index contributed by atoms with van der Waals surface area (Å²) >= 11 is 0. The summed E-state index contributed by atoms with van der Waals surface area (Å²) in [4.78, 5) is 18.0. The molecule has 0 spiro atoms. The summed E-state index contributed by atoms with van der Waals surface area (Å²) in [6.45, 7) is 5.18. The molecule has 0 unspecified atom stereocenters. The number of benzene rings is 1. The Labute approximate surface area is 180 Å². The molecule has 0 aliphatic rings. The van der Waals surface area contributed by atoms with Gasteiger partial charge in [-0.05, 0) is 49.1 Å². The van der Waals surface area contributed by atoms with Crippen LogP contribution < -0.4 is 4.74 Å². The maximum atomic E-state index is 5.76. The van der Waals surface area contributed by atoms with Crippen LogP contribution in [0.5, 0.6) is 5.75 Å². The van der Waals surface area contributed by atoms with E-state index < -0.39 is 0 Å². The van der Waals surface area contributed by atoms with E-state index in [1.165, 1.54) is 44.1 Å². The average Bonchev–Trinajstić information content (AvgIpc) is 2.81. The Bertz CT molecular complexity index is 787. The summed E-state index contributed by atoms with van der Waals surface area (Å²) in [5.41, 5.74) is 2.97. The van der Waals surface area contributed by atoms with Gasteiger partial charge in [-0.1, -0.05) is 46.0 Å². The van der Waals surface area contributed by atoms with Gasteiger partial charge in [0.25, 0.3) is 0 Å². The van der Waals surface area contributed by atoms with Crippen molar-refractivity contribution >= 4 is 0 Å². The lowest BCUT2D eigenvalue weighted by molar-refractivity contribution is 0.306. The lowest BCUT2D eigenvalue weighted by Crippen LogP contribution is -1.97. The molecular formula is C25H32N4O. The van der Waals surface area contributed by atoms with Crippen LogP contribution in [-0.2, 0) is 6.42 Å². The van der Waals surface area contributed by atoms with Gasteiger partial charge in [-0.2, -0.15) is 0 Å². The Morgan fingerprint density at radius 3 is 1.90 bits per heavy atom. The molecule has 0 atom stereocenters. The highest BCUT2D eigenvalue weighted by Crippen LogP contribution is 2.21. The van der Waals surface area contributed by atoms with Crippen LogP contribution in [0.1, 0.15) is 64.4 Å². The van der Waals surface area contributed by atoms with E-state index in [9.17, 15) is 0 Å². The average molecular weight is 405 g/mol. The fourth-order valence-corrected chi connectivity index (χ4v) is 3.22. The second-order valence-electron chi connectivity index (χ2n) is 7.60. The molecule has 0 amide bonds. The number of aromatic nitrogens is 4. The van der Waals surface area contributed by atoms with Crippen molar-refractivity contribution < 1.29 is 4.74 Å². The van der Waals surface area contributed by atoms with E-state index in [1.807, 2.05) is 36.7 Å².